The maximum atomic E-state index is 11.7. The summed E-state index contributed by atoms with van der Waals surface area (Å²) in [5, 5.41) is 3.15. The van der Waals surface area contributed by atoms with Gasteiger partial charge in [0.1, 0.15) is 0 Å². The lowest BCUT2D eigenvalue weighted by Crippen LogP contribution is -2.43. The van der Waals surface area contributed by atoms with Gasteiger partial charge in [-0.1, -0.05) is 52.4 Å². The molecule has 0 aromatic heterocycles. The van der Waals surface area contributed by atoms with Gasteiger partial charge in [0.25, 0.3) is 0 Å². The summed E-state index contributed by atoms with van der Waals surface area (Å²) in [6.45, 7) is 8.66. The number of amides is 1. The number of carbonyl (C=O) groups excluding carboxylic acids is 1. The fourth-order valence-electron chi connectivity index (χ4n) is 2.03. The molecule has 2 nitrogen and oxygen atoms in total. The van der Waals surface area contributed by atoms with Crippen LogP contribution in [0.2, 0.25) is 0 Å². The van der Waals surface area contributed by atoms with E-state index < -0.39 is 0 Å². The van der Waals surface area contributed by atoms with E-state index in [4.69, 9.17) is 0 Å². The van der Waals surface area contributed by atoms with E-state index in [1.165, 1.54) is 32.1 Å². The molecule has 2 heteroatoms. The van der Waals surface area contributed by atoms with Crippen molar-refractivity contribution in [1.29, 1.82) is 0 Å². The lowest BCUT2D eigenvalue weighted by Gasteiger charge is -2.26. The predicted octanol–water partition coefficient (Wildman–Crippen LogP) is 4.43. The summed E-state index contributed by atoms with van der Waals surface area (Å²) in [6.07, 6.45) is 10.2. The van der Waals surface area contributed by atoms with E-state index in [-0.39, 0.29) is 11.4 Å². The minimum Gasteiger partial charge on any atom is -0.351 e. The van der Waals surface area contributed by atoms with Crippen LogP contribution in [0.4, 0.5) is 0 Å². The first-order valence-electron chi connectivity index (χ1n) is 7.33. The Morgan fingerprint density at radius 1 is 0.941 bits per heavy atom. The first-order chi connectivity index (χ1) is 8.02. The van der Waals surface area contributed by atoms with E-state index in [1.807, 2.05) is 0 Å². The minimum absolute atomic E-state index is 0.0307. The first-order valence-corrected chi connectivity index (χ1v) is 7.33. The second-order valence-electron chi connectivity index (χ2n) is 5.70. The van der Waals surface area contributed by atoms with Crippen LogP contribution in [0.15, 0.2) is 0 Å². The van der Waals surface area contributed by atoms with Crippen LogP contribution in [0.5, 0.6) is 0 Å². The molecule has 0 bridgehead atoms. The van der Waals surface area contributed by atoms with Crippen molar-refractivity contribution in [2.24, 2.45) is 0 Å². The summed E-state index contributed by atoms with van der Waals surface area (Å²) in [7, 11) is 0. The molecule has 0 saturated carbocycles. The summed E-state index contributed by atoms with van der Waals surface area (Å²) >= 11 is 0. The summed E-state index contributed by atoms with van der Waals surface area (Å²) < 4.78 is 0. The molecule has 0 saturated heterocycles. The van der Waals surface area contributed by atoms with E-state index in [9.17, 15) is 4.79 Å². The van der Waals surface area contributed by atoms with Gasteiger partial charge in [-0.3, -0.25) is 4.79 Å². The van der Waals surface area contributed by atoms with Gasteiger partial charge in [-0.05, 0) is 26.7 Å². The Morgan fingerprint density at radius 2 is 1.53 bits per heavy atom. The number of hydrogen-bond acceptors (Lipinski definition) is 1. The molecule has 0 aromatic carbocycles. The summed E-state index contributed by atoms with van der Waals surface area (Å²) in [4.78, 5) is 11.7. The Kier molecular flexibility index (Phi) is 9.20. The maximum absolute atomic E-state index is 11.7. The number of unbranched alkanes of at least 4 members (excludes halogenated alkanes) is 5. The van der Waals surface area contributed by atoms with Crippen molar-refractivity contribution in [1.82, 2.24) is 5.32 Å². The van der Waals surface area contributed by atoms with Crippen molar-refractivity contribution < 1.29 is 4.79 Å². The summed E-state index contributed by atoms with van der Waals surface area (Å²) in [5.41, 5.74) is -0.0307. The Hall–Kier alpha value is -0.530. The highest BCUT2D eigenvalue weighted by atomic mass is 16.1. The largest absolute Gasteiger partial charge is 0.351 e. The fraction of sp³-hybridized carbons (Fsp3) is 0.933. The molecule has 0 radical (unpaired) electrons. The van der Waals surface area contributed by atoms with Crippen LogP contribution >= 0.6 is 0 Å². The number of carbonyl (C=O) groups is 1. The van der Waals surface area contributed by atoms with Gasteiger partial charge >= 0.3 is 0 Å². The second-order valence-corrected chi connectivity index (χ2v) is 5.70. The number of rotatable bonds is 10. The van der Waals surface area contributed by atoms with Gasteiger partial charge in [-0.25, -0.2) is 0 Å². The normalized spacial score (nSPS) is 11.5. The average Bonchev–Trinajstić information content (AvgIpc) is 2.24. The van der Waals surface area contributed by atoms with Gasteiger partial charge in [-0.15, -0.1) is 0 Å². The lowest BCUT2D eigenvalue weighted by molar-refractivity contribution is -0.122. The highest BCUT2D eigenvalue weighted by molar-refractivity contribution is 5.76. The van der Waals surface area contributed by atoms with Crippen molar-refractivity contribution in [2.75, 3.05) is 0 Å². The predicted molar refractivity (Wildman–Crippen MR) is 75.1 cm³/mol. The zero-order valence-corrected chi connectivity index (χ0v) is 12.3. The third kappa shape index (κ3) is 10.3. The molecule has 0 rings (SSSR count). The van der Waals surface area contributed by atoms with Crippen LogP contribution in [-0.4, -0.2) is 11.4 Å². The van der Waals surface area contributed by atoms with Gasteiger partial charge in [0.15, 0.2) is 0 Å². The lowest BCUT2D eigenvalue weighted by atomic mass is 9.96. The monoisotopic (exact) mass is 241 g/mol. The van der Waals surface area contributed by atoms with E-state index in [0.717, 1.165) is 19.3 Å². The Balaban J connectivity index is 3.70. The van der Waals surface area contributed by atoms with Crippen LogP contribution in [0, 0.1) is 0 Å². The molecule has 0 spiro atoms. The average molecular weight is 241 g/mol. The van der Waals surface area contributed by atoms with Gasteiger partial charge < -0.3 is 5.32 Å². The van der Waals surface area contributed by atoms with E-state index >= 15 is 0 Å². The Bertz CT molecular complexity index is 199. The maximum Gasteiger partial charge on any atom is 0.220 e. The van der Waals surface area contributed by atoms with Gasteiger partial charge in [0.2, 0.25) is 5.91 Å². The zero-order chi connectivity index (χ0) is 13.1. The molecular weight excluding hydrogens is 210 g/mol. The molecule has 0 aliphatic carbocycles. The van der Waals surface area contributed by atoms with E-state index in [0.29, 0.717) is 6.42 Å². The smallest absolute Gasteiger partial charge is 0.220 e. The summed E-state index contributed by atoms with van der Waals surface area (Å²) in [5.74, 6) is 0.221. The standard InChI is InChI=1S/C15H31NO/c1-5-7-9-11-13-15(3,4)16-14(17)12-10-8-6-2/h5-13H2,1-4H3,(H,16,17). The van der Waals surface area contributed by atoms with Crippen molar-refractivity contribution in [3.63, 3.8) is 0 Å². The molecule has 0 atom stereocenters. The quantitative estimate of drug-likeness (QED) is 0.563. The molecule has 0 aliphatic rings. The SMILES string of the molecule is CCCCCCC(C)(C)NC(=O)CCCCC. The summed E-state index contributed by atoms with van der Waals surface area (Å²) in [6, 6.07) is 0. The topological polar surface area (TPSA) is 29.1 Å². The molecule has 0 aromatic rings. The third-order valence-corrected chi connectivity index (χ3v) is 3.14. The van der Waals surface area contributed by atoms with E-state index in [2.05, 4.69) is 33.0 Å². The highest BCUT2D eigenvalue weighted by Crippen LogP contribution is 2.15. The molecule has 17 heavy (non-hydrogen) atoms. The first kappa shape index (κ1) is 16.5. The highest BCUT2D eigenvalue weighted by Gasteiger charge is 2.19. The Morgan fingerprint density at radius 3 is 2.12 bits per heavy atom. The number of nitrogens with one attached hydrogen (secondary N) is 1. The van der Waals surface area contributed by atoms with Gasteiger partial charge in [0.05, 0.1) is 0 Å². The molecule has 0 fully saturated rings. The van der Waals surface area contributed by atoms with Crippen LogP contribution in [0.1, 0.15) is 85.5 Å². The van der Waals surface area contributed by atoms with Crippen LogP contribution in [-0.2, 0) is 4.79 Å². The van der Waals surface area contributed by atoms with Crippen LogP contribution < -0.4 is 5.32 Å². The second kappa shape index (κ2) is 9.49. The molecule has 0 aliphatic heterocycles. The molecule has 1 N–H and O–H groups in total. The van der Waals surface area contributed by atoms with Crippen molar-refractivity contribution >= 4 is 5.91 Å². The molecule has 0 unspecified atom stereocenters. The molecule has 0 heterocycles. The molecule has 1 amide bonds. The number of hydrogen-bond donors (Lipinski definition) is 1. The molecular formula is C15H31NO. The van der Waals surface area contributed by atoms with Crippen LogP contribution in [0.3, 0.4) is 0 Å². The van der Waals surface area contributed by atoms with Gasteiger partial charge in [0, 0.05) is 12.0 Å². The van der Waals surface area contributed by atoms with Crippen molar-refractivity contribution in [2.45, 2.75) is 91.0 Å². The van der Waals surface area contributed by atoms with Crippen LogP contribution in [0.25, 0.3) is 0 Å². The minimum atomic E-state index is -0.0307. The van der Waals surface area contributed by atoms with Gasteiger partial charge in [-0.2, -0.15) is 0 Å². The van der Waals surface area contributed by atoms with Crippen molar-refractivity contribution in [3.8, 4) is 0 Å². The Labute approximate surface area is 108 Å². The van der Waals surface area contributed by atoms with Crippen molar-refractivity contribution in [3.05, 3.63) is 0 Å². The van der Waals surface area contributed by atoms with E-state index in [1.54, 1.807) is 0 Å². The third-order valence-electron chi connectivity index (χ3n) is 3.14. The fourth-order valence-corrected chi connectivity index (χ4v) is 2.03. The molecule has 102 valence electrons. The zero-order valence-electron chi connectivity index (χ0n) is 12.3.